The molecule has 1 saturated heterocycles. The fraction of sp³-hybridized carbons (Fsp3) is 0.478. The zero-order chi connectivity index (χ0) is 23.3. The quantitative estimate of drug-likeness (QED) is 0.464. The van der Waals surface area contributed by atoms with Crippen LogP contribution in [0.15, 0.2) is 35.4 Å². The third kappa shape index (κ3) is 3.80. The molecule has 0 atom stereocenters. The number of piperidine rings is 1. The first kappa shape index (κ1) is 20.8. The molecule has 176 valence electrons. The first-order valence-corrected chi connectivity index (χ1v) is 11.7. The van der Waals surface area contributed by atoms with Crippen LogP contribution in [0, 0.1) is 5.92 Å². The van der Waals surface area contributed by atoms with Crippen LogP contribution < -0.4 is 10.2 Å². The Morgan fingerprint density at radius 1 is 1.21 bits per heavy atom. The molecule has 34 heavy (non-hydrogen) atoms. The molecule has 2 aliphatic rings. The van der Waals surface area contributed by atoms with Gasteiger partial charge in [0.2, 0.25) is 5.89 Å². The zero-order valence-electron chi connectivity index (χ0n) is 19.3. The third-order valence-corrected chi connectivity index (χ3v) is 6.98. The lowest BCUT2D eigenvalue weighted by molar-refractivity contribution is 0.0931. The highest BCUT2D eigenvalue weighted by Gasteiger charge is 2.45. The van der Waals surface area contributed by atoms with Crippen molar-refractivity contribution in [2.24, 2.45) is 13.0 Å². The van der Waals surface area contributed by atoms with E-state index in [9.17, 15) is 4.79 Å². The van der Waals surface area contributed by atoms with Gasteiger partial charge in [-0.2, -0.15) is 15.2 Å². The summed E-state index contributed by atoms with van der Waals surface area (Å²) in [5, 5.41) is 15.6. The normalized spacial score (nSPS) is 17.9. The van der Waals surface area contributed by atoms with Gasteiger partial charge in [-0.3, -0.25) is 9.48 Å². The largest absolute Gasteiger partial charge is 0.355 e. The third-order valence-electron chi connectivity index (χ3n) is 6.98. The number of nitrogens with one attached hydrogen (secondary N) is 1. The molecule has 0 radical (unpaired) electrons. The predicted molar refractivity (Wildman–Crippen MR) is 123 cm³/mol. The maximum Gasteiger partial charge on any atom is 0.292 e. The molecule has 1 amide bonds. The summed E-state index contributed by atoms with van der Waals surface area (Å²) in [7, 11) is 1.89. The second-order valence-electron chi connectivity index (χ2n) is 9.64. The molecule has 1 N–H and O–H groups in total. The lowest BCUT2D eigenvalue weighted by Gasteiger charge is -2.33. The highest BCUT2D eigenvalue weighted by atomic mass is 16.5. The second-order valence-corrected chi connectivity index (χ2v) is 9.64. The highest BCUT2D eigenvalue weighted by molar-refractivity contribution is 5.90. The summed E-state index contributed by atoms with van der Waals surface area (Å²) in [5.74, 6) is 1.73. The van der Waals surface area contributed by atoms with Gasteiger partial charge in [-0.05, 0) is 37.7 Å². The van der Waals surface area contributed by atoms with E-state index in [1.807, 2.05) is 36.2 Å². The number of aromatic nitrogens is 7. The summed E-state index contributed by atoms with van der Waals surface area (Å²) in [6.07, 6.45) is 11.5. The van der Waals surface area contributed by atoms with Crippen molar-refractivity contribution in [2.45, 2.75) is 38.0 Å². The summed E-state index contributed by atoms with van der Waals surface area (Å²) < 4.78 is 8.93. The zero-order valence-corrected chi connectivity index (χ0v) is 19.3. The Kier molecular flexibility index (Phi) is 4.85. The Bertz CT molecular complexity index is 1340. The molecule has 1 saturated carbocycles. The van der Waals surface area contributed by atoms with Gasteiger partial charge in [0.15, 0.2) is 5.82 Å². The minimum atomic E-state index is -0.270. The first-order valence-electron chi connectivity index (χ1n) is 11.7. The smallest absolute Gasteiger partial charge is 0.292 e. The molecule has 0 bridgehead atoms. The summed E-state index contributed by atoms with van der Waals surface area (Å²) in [6, 6.07) is 1.99. The average Bonchev–Trinajstić information content (AvgIpc) is 3.30. The number of fused-ring (bicyclic) bond motifs is 1. The molecule has 1 aliphatic heterocycles. The van der Waals surface area contributed by atoms with Crippen molar-refractivity contribution in [1.29, 1.82) is 0 Å². The van der Waals surface area contributed by atoms with Gasteiger partial charge in [-0.25, -0.2) is 9.50 Å². The van der Waals surface area contributed by atoms with Gasteiger partial charge in [0.25, 0.3) is 11.7 Å². The number of aryl methyl sites for hydroxylation is 1. The minimum Gasteiger partial charge on any atom is -0.355 e. The maximum absolute atomic E-state index is 12.5. The van der Waals surface area contributed by atoms with E-state index in [2.05, 4.69) is 37.5 Å². The van der Waals surface area contributed by atoms with Gasteiger partial charge >= 0.3 is 0 Å². The molecular weight excluding hydrogens is 434 g/mol. The molecule has 0 unspecified atom stereocenters. The predicted octanol–water partition coefficient (Wildman–Crippen LogP) is 2.21. The molecule has 11 heteroatoms. The molecule has 5 heterocycles. The molecule has 0 aromatic carbocycles. The maximum atomic E-state index is 12.5. The van der Waals surface area contributed by atoms with E-state index >= 15 is 0 Å². The average molecular weight is 462 g/mol. The van der Waals surface area contributed by atoms with Crippen LogP contribution >= 0.6 is 0 Å². The number of carbonyl (C=O) groups is 1. The van der Waals surface area contributed by atoms with Crippen LogP contribution in [0.25, 0.3) is 16.8 Å². The van der Waals surface area contributed by atoms with Crippen LogP contribution in [0.3, 0.4) is 0 Å². The Labute approximate surface area is 196 Å². The van der Waals surface area contributed by atoms with Gasteiger partial charge in [0, 0.05) is 43.9 Å². The van der Waals surface area contributed by atoms with Crippen molar-refractivity contribution in [3.05, 3.63) is 42.6 Å². The number of rotatable bonds is 6. The molecule has 2 fully saturated rings. The van der Waals surface area contributed by atoms with E-state index in [0.717, 1.165) is 61.4 Å². The van der Waals surface area contributed by atoms with Crippen LogP contribution in [0.2, 0.25) is 0 Å². The summed E-state index contributed by atoms with van der Waals surface area (Å²) in [5.41, 5.74) is 2.74. The molecule has 0 spiro atoms. The standard InChI is InChI=1S/C23H27N9O2/c1-23(6-7-23)22-28-19(29-34-22)21(33)24-11-15-4-9-31(10-5-15)20-18-3-8-25-32(18)14-17(27-20)16-12-26-30(2)13-16/h3,8,12-15H,4-7,9-11H2,1-2H3,(H,24,33). The number of hydrogen-bond acceptors (Lipinski definition) is 8. The Morgan fingerprint density at radius 2 is 2.03 bits per heavy atom. The number of amides is 1. The SMILES string of the molecule is Cn1cc(-c2cn3nccc3c(N3CCC(CNC(=O)c4noc(C5(C)CC5)n4)CC3)n2)cn1. The monoisotopic (exact) mass is 461 g/mol. The van der Waals surface area contributed by atoms with Crippen LogP contribution in [-0.2, 0) is 12.5 Å². The Morgan fingerprint density at radius 3 is 2.76 bits per heavy atom. The van der Waals surface area contributed by atoms with Crippen LogP contribution in [0.5, 0.6) is 0 Å². The number of hydrogen-bond donors (Lipinski definition) is 1. The molecule has 4 aromatic rings. The van der Waals surface area contributed by atoms with E-state index in [4.69, 9.17) is 9.51 Å². The summed E-state index contributed by atoms with van der Waals surface area (Å²) in [4.78, 5) is 24.1. The minimum absolute atomic E-state index is 0.0400. The second kappa shape index (κ2) is 7.93. The molecular formula is C23H27N9O2. The fourth-order valence-corrected chi connectivity index (χ4v) is 4.46. The van der Waals surface area contributed by atoms with Gasteiger partial charge in [0.1, 0.15) is 5.52 Å². The first-order chi connectivity index (χ1) is 16.5. The van der Waals surface area contributed by atoms with Crippen LogP contribution in [0.1, 0.15) is 49.1 Å². The van der Waals surface area contributed by atoms with E-state index < -0.39 is 0 Å². The van der Waals surface area contributed by atoms with E-state index in [1.54, 1.807) is 10.9 Å². The number of carbonyl (C=O) groups excluding carboxylic acids is 1. The lowest BCUT2D eigenvalue weighted by atomic mass is 9.96. The van der Waals surface area contributed by atoms with E-state index in [0.29, 0.717) is 18.4 Å². The summed E-state index contributed by atoms with van der Waals surface area (Å²) >= 11 is 0. The van der Waals surface area contributed by atoms with E-state index in [-0.39, 0.29) is 17.1 Å². The van der Waals surface area contributed by atoms with Gasteiger partial charge in [0.05, 0.1) is 24.3 Å². The highest BCUT2D eigenvalue weighted by Crippen LogP contribution is 2.46. The van der Waals surface area contributed by atoms with Crippen molar-refractivity contribution in [1.82, 2.24) is 39.8 Å². The topological polar surface area (TPSA) is 119 Å². The Balaban J connectivity index is 1.10. The van der Waals surface area contributed by atoms with Gasteiger partial charge in [-0.15, -0.1) is 0 Å². The van der Waals surface area contributed by atoms with Crippen molar-refractivity contribution in [3.8, 4) is 11.3 Å². The number of anilines is 1. The Hall–Kier alpha value is -3.76. The van der Waals surface area contributed by atoms with Crippen molar-refractivity contribution < 1.29 is 9.32 Å². The van der Waals surface area contributed by atoms with Crippen molar-refractivity contribution >= 4 is 17.2 Å². The van der Waals surface area contributed by atoms with Gasteiger partial charge in [-0.1, -0.05) is 12.1 Å². The fourth-order valence-electron chi connectivity index (χ4n) is 4.46. The molecule has 1 aliphatic carbocycles. The van der Waals surface area contributed by atoms with Gasteiger partial charge < -0.3 is 14.7 Å². The molecule has 4 aromatic heterocycles. The van der Waals surface area contributed by atoms with Crippen molar-refractivity contribution in [2.75, 3.05) is 24.5 Å². The lowest BCUT2D eigenvalue weighted by Crippen LogP contribution is -2.39. The summed E-state index contributed by atoms with van der Waals surface area (Å²) in [6.45, 7) is 4.39. The molecule has 6 rings (SSSR count). The van der Waals surface area contributed by atoms with E-state index in [1.165, 1.54) is 0 Å². The number of nitrogens with zero attached hydrogens (tertiary/aromatic N) is 8. The molecule has 11 nitrogen and oxygen atoms in total. The van der Waals surface area contributed by atoms with Crippen LogP contribution in [0.4, 0.5) is 5.82 Å². The van der Waals surface area contributed by atoms with Crippen LogP contribution in [-0.4, -0.2) is 60.1 Å². The van der Waals surface area contributed by atoms with Crippen molar-refractivity contribution in [3.63, 3.8) is 0 Å².